The Morgan fingerprint density at radius 3 is 1.50 bits per heavy atom. The van der Waals surface area contributed by atoms with Crippen molar-refractivity contribution in [2.24, 2.45) is 0 Å². The summed E-state index contributed by atoms with van der Waals surface area (Å²) in [5, 5.41) is -0.511. The fraction of sp³-hybridized carbons (Fsp3) is 0. The van der Waals surface area contributed by atoms with Gasteiger partial charge in [-0.05, 0) is 0 Å². The Balaban J connectivity index is 2.79. The maximum Gasteiger partial charge on any atom is 0.245 e. The Hall–Kier alpha value is -0.960. The molecule has 0 spiro atoms. The second-order valence-electron chi connectivity index (χ2n) is 2.47. The van der Waals surface area contributed by atoms with E-state index < -0.39 is 10.9 Å². The summed E-state index contributed by atoms with van der Waals surface area (Å²) >= 11 is 12.5. The van der Waals surface area contributed by atoms with Crippen LogP contribution in [0.4, 0.5) is 0 Å². The predicted molar refractivity (Wildman–Crippen MR) is 61.4 cm³/mol. The van der Waals surface area contributed by atoms with Crippen LogP contribution < -0.4 is 10.9 Å². The summed E-state index contributed by atoms with van der Waals surface area (Å²) in [6, 6.07) is 0. The van der Waals surface area contributed by atoms with Crippen molar-refractivity contribution in [3.8, 4) is 11.4 Å². The van der Waals surface area contributed by atoms with E-state index in [1.165, 1.54) is 0 Å². The van der Waals surface area contributed by atoms with E-state index in [1.54, 1.807) is 0 Å². The number of aromatic nitrogens is 4. The number of hydrogen-bond acceptors (Lipinski definition) is 8. The molecule has 0 unspecified atom stereocenters. The van der Waals surface area contributed by atoms with Gasteiger partial charge in [-0.3, -0.25) is 9.59 Å². The SMILES string of the molecule is O=c1c(Cl)nsnc1-c1nsnc(Cl)c1=O. The lowest BCUT2D eigenvalue weighted by Crippen LogP contribution is -2.16. The monoisotopic (exact) mass is 294 g/mol. The van der Waals surface area contributed by atoms with Crippen molar-refractivity contribution in [3.05, 3.63) is 30.8 Å². The van der Waals surface area contributed by atoms with Crippen LogP contribution in [-0.2, 0) is 0 Å². The highest BCUT2D eigenvalue weighted by molar-refractivity contribution is 6.99. The molecule has 2 rings (SSSR count). The maximum atomic E-state index is 11.5. The second-order valence-corrected chi connectivity index (χ2v) is 4.24. The summed E-state index contributed by atoms with van der Waals surface area (Å²) in [5.74, 6) is 0. The molecule has 0 saturated carbocycles. The van der Waals surface area contributed by atoms with Crippen molar-refractivity contribution in [2.75, 3.05) is 0 Å². The molecule has 16 heavy (non-hydrogen) atoms. The molecule has 0 amide bonds. The van der Waals surface area contributed by atoms with Gasteiger partial charge < -0.3 is 0 Å². The van der Waals surface area contributed by atoms with Crippen LogP contribution in [0.1, 0.15) is 0 Å². The van der Waals surface area contributed by atoms with E-state index in [-0.39, 0.29) is 21.7 Å². The number of halogens is 2. The molecule has 82 valence electrons. The fourth-order valence-corrected chi connectivity index (χ4v) is 2.11. The Morgan fingerprint density at radius 1 is 0.750 bits per heavy atom. The van der Waals surface area contributed by atoms with Crippen LogP contribution in [0.2, 0.25) is 10.3 Å². The number of rotatable bonds is 1. The van der Waals surface area contributed by atoms with Gasteiger partial charge in [0.2, 0.25) is 10.9 Å². The highest BCUT2D eigenvalue weighted by Crippen LogP contribution is 2.10. The molecule has 2 aromatic rings. The predicted octanol–water partition coefficient (Wildman–Crippen LogP) is 1.08. The maximum absolute atomic E-state index is 11.5. The van der Waals surface area contributed by atoms with Gasteiger partial charge in [0, 0.05) is 0 Å². The number of nitrogens with zero attached hydrogens (tertiary/aromatic N) is 4. The standard InChI is InChI=1S/C6Cl2N4O2S2/c7-5-3(13)1(9-15-11-5)2-4(14)6(8)12-16-10-2. The van der Waals surface area contributed by atoms with Crippen LogP contribution in [0.15, 0.2) is 9.59 Å². The molecule has 10 heteroatoms. The minimum absolute atomic E-state index is 0.157. The lowest BCUT2D eigenvalue weighted by Gasteiger charge is -1.95. The first-order chi connectivity index (χ1) is 7.61. The Morgan fingerprint density at radius 2 is 1.12 bits per heavy atom. The summed E-state index contributed by atoms with van der Waals surface area (Å²) in [7, 11) is 0. The van der Waals surface area contributed by atoms with E-state index in [2.05, 4.69) is 17.5 Å². The van der Waals surface area contributed by atoms with Gasteiger partial charge in [0.1, 0.15) is 0 Å². The molecule has 0 aliphatic rings. The summed E-state index contributed by atoms with van der Waals surface area (Å²) in [6.45, 7) is 0. The first-order valence-corrected chi connectivity index (χ1v) is 5.88. The average molecular weight is 295 g/mol. The summed E-state index contributed by atoms with van der Waals surface area (Å²) in [6.07, 6.45) is 0. The fourth-order valence-electron chi connectivity index (χ4n) is 0.857. The topological polar surface area (TPSA) is 85.7 Å². The highest BCUT2D eigenvalue weighted by Gasteiger charge is 2.16. The van der Waals surface area contributed by atoms with Crippen molar-refractivity contribution in [2.45, 2.75) is 0 Å². The van der Waals surface area contributed by atoms with Gasteiger partial charge in [0.25, 0.3) is 0 Å². The highest BCUT2D eigenvalue weighted by atomic mass is 35.5. The van der Waals surface area contributed by atoms with Crippen LogP contribution in [0.3, 0.4) is 0 Å². The third kappa shape index (κ3) is 1.96. The smallest absolute Gasteiger partial charge is 0.245 e. The van der Waals surface area contributed by atoms with E-state index in [0.717, 1.165) is 0 Å². The molecule has 0 aromatic carbocycles. The zero-order valence-corrected chi connectivity index (χ0v) is 10.3. The van der Waals surface area contributed by atoms with E-state index >= 15 is 0 Å². The van der Waals surface area contributed by atoms with E-state index in [9.17, 15) is 9.59 Å². The van der Waals surface area contributed by atoms with Crippen LogP contribution in [0.25, 0.3) is 11.4 Å². The van der Waals surface area contributed by atoms with Gasteiger partial charge in [-0.25, -0.2) is 0 Å². The van der Waals surface area contributed by atoms with Crippen LogP contribution in [0, 0.1) is 0 Å². The van der Waals surface area contributed by atoms with Gasteiger partial charge in [0.15, 0.2) is 21.7 Å². The molecule has 2 aromatic heterocycles. The molecule has 0 bridgehead atoms. The van der Waals surface area contributed by atoms with Crippen molar-refractivity contribution in [3.63, 3.8) is 0 Å². The van der Waals surface area contributed by atoms with Crippen molar-refractivity contribution >= 4 is 46.7 Å². The third-order valence-corrected chi connectivity index (χ3v) is 3.31. The normalized spacial score (nSPS) is 10.4. The zero-order chi connectivity index (χ0) is 11.7. The molecule has 2 heterocycles. The summed E-state index contributed by atoms with van der Waals surface area (Å²) in [5.41, 5.74) is -1.62. The molecule has 0 aliphatic heterocycles. The van der Waals surface area contributed by atoms with Gasteiger partial charge in [-0.15, -0.1) is 0 Å². The van der Waals surface area contributed by atoms with Crippen LogP contribution in [-0.4, -0.2) is 17.5 Å². The van der Waals surface area contributed by atoms with Crippen LogP contribution in [0.5, 0.6) is 0 Å². The zero-order valence-electron chi connectivity index (χ0n) is 7.18. The minimum Gasteiger partial charge on any atom is -0.284 e. The van der Waals surface area contributed by atoms with E-state index in [0.29, 0.717) is 23.5 Å². The van der Waals surface area contributed by atoms with Gasteiger partial charge in [0.05, 0.1) is 23.5 Å². The first-order valence-electron chi connectivity index (χ1n) is 3.66. The third-order valence-electron chi connectivity index (χ3n) is 1.54. The summed E-state index contributed by atoms with van der Waals surface area (Å²) < 4.78 is 14.5. The van der Waals surface area contributed by atoms with Crippen LogP contribution >= 0.6 is 46.7 Å². The molecule has 0 radical (unpaired) electrons. The van der Waals surface area contributed by atoms with E-state index in [4.69, 9.17) is 23.2 Å². The Labute approximate surface area is 106 Å². The molecule has 0 N–H and O–H groups in total. The molecular weight excluding hydrogens is 295 g/mol. The van der Waals surface area contributed by atoms with Gasteiger partial charge >= 0.3 is 0 Å². The molecule has 0 fully saturated rings. The minimum atomic E-state index is -0.653. The van der Waals surface area contributed by atoms with Crippen molar-refractivity contribution in [1.82, 2.24) is 17.5 Å². The first kappa shape index (κ1) is 11.5. The Kier molecular flexibility index (Phi) is 3.24. The molecule has 0 saturated heterocycles. The number of hydrogen-bond donors (Lipinski definition) is 0. The molecule has 0 aliphatic carbocycles. The lowest BCUT2D eigenvalue weighted by atomic mass is 10.3. The second kappa shape index (κ2) is 4.50. The quantitative estimate of drug-likeness (QED) is 0.782. The van der Waals surface area contributed by atoms with Gasteiger partial charge in [-0.1, -0.05) is 23.2 Å². The van der Waals surface area contributed by atoms with Crippen molar-refractivity contribution < 1.29 is 0 Å². The average Bonchev–Trinajstić information content (AvgIpc) is 2.27. The van der Waals surface area contributed by atoms with Crippen molar-refractivity contribution in [1.29, 1.82) is 0 Å². The Bertz CT molecular complexity index is 598. The largest absolute Gasteiger partial charge is 0.284 e. The molecule has 0 atom stereocenters. The van der Waals surface area contributed by atoms with Gasteiger partial charge in [-0.2, -0.15) is 17.5 Å². The summed E-state index contributed by atoms with van der Waals surface area (Å²) in [4.78, 5) is 23.1. The van der Waals surface area contributed by atoms with E-state index in [1.807, 2.05) is 0 Å². The molecular formula is C6Cl2N4O2S2. The lowest BCUT2D eigenvalue weighted by molar-refractivity contribution is 1.27. The molecule has 6 nitrogen and oxygen atoms in total.